The van der Waals surface area contributed by atoms with Gasteiger partial charge in [-0.2, -0.15) is 0 Å². The molecule has 0 aliphatic carbocycles. The smallest absolute Gasteiger partial charge is 0.328 e. The van der Waals surface area contributed by atoms with Gasteiger partial charge in [0.25, 0.3) is 5.91 Å². The third-order valence-corrected chi connectivity index (χ3v) is 2.35. The zero-order chi connectivity index (χ0) is 11.8. The van der Waals surface area contributed by atoms with Crippen molar-refractivity contribution in [3.05, 3.63) is 0 Å². The summed E-state index contributed by atoms with van der Waals surface area (Å²) in [5.74, 6) is 4.53. The van der Waals surface area contributed by atoms with Crippen LogP contribution < -0.4 is 5.32 Å². The van der Waals surface area contributed by atoms with Gasteiger partial charge in [0.1, 0.15) is 6.04 Å². The Bertz CT molecular complexity index is 314. The van der Waals surface area contributed by atoms with Crippen molar-refractivity contribution < 1.29 is 14.3 Å². The van der Waals surface area contributed by atoms with Crippen molar-refractivity contribution in [1.29, 1.82) is 0 Å². The van der Waals surface area contributed by atoms with Crippen molar-refractivity contribution in [2.75, 3.05) is 6.61 Å². The number of rotatable bonds is 4. The highest BCUT2D eigenvalue weighted by Crippen LogP contribution is 2.04. The van der Waals surface area contributed by atoms with Crippen molar-refractivity contribution in [2.45, 2.75) is 45.1 Å². The number of amides is 1. The predicted molar refractivity (Wildman–Crippen MR) is 59.4 cm³/mol. The molecule has 88 valence electrons. The molecule has 0 saturated carbocycles. The fraction of sp³-hybridized carbons (Fsp3) is 0.667. The summed E-state index contributed by atoms with van der Waals surface area (Å²) in [6.07, 6.45) is 4.56. The molecule has 0 aromatic carbocycles. The van der Waals surface area contributed by atoms with Gasteiger partial charge in [-0.1, -0.05) is 25.7 Å². The Morgan fingerprint density at radius 1 is 1.56 bits per heavy atom. The predicted octanol–water partition coefficient (Wildman–Crippen LogP) is 1.00. The van der Waals surface area contributed by atoms with Crippen molar-refractivity contribution in [3.8, 4) is 11.8 Å². The number of carbonyl (C=O) groups is 2. The van der Waals surface area contributed by atoms with Crippen molar-refractivity contribution in [1.82, 2.24) is 5.32 Å². The fourth-order valence-electron chi connectivity index (χ4n) is 1.43. The Morgan fingerprint density at radius 3 is 3.00 bits per heavy atom. The van der Waals surface area contributed by atoms with E-state index in [0.29, 0.717) is 13.0 Å². The lowest BCUT2D eigenvalue weighted by Gasteiger charge is -2.03. The first-order valence-corrected chi connectivity index (χ1v) is 5.70. The Labute approximate surface area is 95.7 Å². The van der Waals surface area contributed by atoms with Gasteiger partial charge in [0, 0.05) is 12.8 Å². The molecule has 1 saturated heterocycles. The van der Waals surface area contributed by atoms with E-state index in [9.17, 15) is 9.59 Å². The van der Waals surface area contributed by atoms with Crippen LogP contribution in [0.2, 0.25) is 0 Å². The van der Waals surface area contributed by atoms with Gasteiger partial charge < -0.3 is 10.1 Å². The number of nitrogens with one attached hydrogen (secondary N) is 1. The molecule has 0 aromatic rings. The van der Waals surface area contributed by atoms with Crippen LogP contribution in [0.15, 0.2) is 0 Å². The second-order valence-corrected chi connectivity index (χ2v) is 3.74. The molecule has 1 atom stereocenters. The van der Waals surface area contributed by atoms with E-state index in [1.165, 1.54) is 0 Å². The van der Waals surface area contributed by atoms with Crippen molar-refractivity contribution >= 4 is 11.9 Å². The molecule has 0 aromatic heterocycles. The average Bonchev–Trinajstić information content (AvgIpc) is 2.64. The number of hydrogen-bond donors (Lipinski definition) is 1. The Morgan fingerprint density at radius 2 is 2.38 bits per heavy atom. The number of unbranched alkanes of at least 4 members (excludes halogenated alkanes) is 3. The number of hydrogen-bond acceptors (Lipinski definition) is 3. The van der Waals surface area contributed by atoms with Crippen LogP contribution in [0.5, 0.6) is 0 Å². The van der Waals surface area contributed by atoms with E-state index < -0.39 is 6.04 Å². The molecule has 0 bridgehead atoms. The topological polar surface area (TPSA) is 55.4 Å². The van der Waals surface area contributed by atoms with Gasteiger partial charge in [0.05, 0.1) is 6.61 Å². The van der Waals surface area contributed by atoms with Crippen LogP contribution in [0.25, 0.3) is 0 Å². The molecule has 1 N–H and O–H groups in total. The second kappa shape index (κ2) is 6.89. The molecule has 0 spiro atoms. The van der Waals surface area contributed by atoms with Crippen LogP contribution in [-0.2, 0) is 14.3 Å². The molecule has 0 radical (unpaired) electrons. The highest BCUT2D eigenvalue weighted by Gasteiger charge is 2.27. The molecule has 1 amide bonds. The Hall–Kier alpha value is -1.50. The molecule has 4 heteroatoms. The van der Waals surface area contributed by atoms with E-state index in [-0.39, 0.29) is 11.9 Å². The molecule has 16 heavy (non-hydrogen) atoms. The molecular weight excluding hydrogens is 206 g/mol. The first kappa shape index (κ1) is 12.6. The number of cyclic esters (lactones) is 1. The SMILES string of the molecule is CCCCCC#CC(=O)NC1CCOC1=O. The summed E-state index contributed by atoms with van der Waals surface area (Å²) in [6.45, 7) is 2.50. The lowest BCUT2D eigenvalue weighted by molar-refractivity contribution is -0.140. The molecule has 1 aliphatic heterocycles. The molecular formula is C12H17NO3. The molecule has 1 unspecified atom stereocenters. The van der Waals surface area contributed by atoms with Gasteiger partial charge in [-0.05, 0) is 12.3 Å². The van der Waals surface area contributed by atoms with Gasteiger partial charge in [0.15, 0.2) is 0 Å². The maximum atomic E-state index is 11.3. The number of carbonyl (C=O) groups excluding carboxylic acids is 2. The van der Waals surface area contributed by atoms with E-state index in [0.717, 1.165) is 25.7 Å². The summed E-state index contributed by atoms with van der Waals surface area (Å²) < 4.78 is 4.72. The van der Waals surface area contributed by atoms with Crippen molar-refractivity contribution in [3.63, 3.8) is 0 Å². The minimum Gasteiger partial charge on any atom is -0.464 e. The fourth-order valence-corrected chi connectivity index (χ4v) is 1.43. The molecule has 1 aliphatic rings. The van der Waals surface area contributed by atoms with Crippen LogP contribution >= 0.6 is 0 Å². The highest BCUT2D eigenvalue weighted by molar-refractivity contribution is 5.96. The van der Waals surface area contributed by atoms with Gasteiger partial charge in [-0.25, -0.2) is 4.79 Å². The lowest BCUT2D eigenvalue weighted by Crippen LogP contribution is -2.37. The summed E-state index contributed by atoms with van der Waals surface area (Å²) in [7, 11) is 0. The normalized spacial score (nSPS) is 18.6. The van der Waals surface area contributed by atoms with Crippen LogP contribution in [0, 0.1) is 11.8 Å². The van der Waals surface area contributed by atoms with Crippen LogP contribution in [0.3, 0.4) is 0 Å². The Kier molecular flexibility index (Phi) is 5.41. The van der Waals surface area contributed by atoms with Crippen molar-refractivity contribution in [2.24, 2.45) is 0 Å². The Balaban J connectivity index is 2.21. The van der Waals surface area contributed by atoms with Crippen LogP contribution in [0.1, 0.15) is 39.0 Å². The minimum absolute atomic E-state index is 0.360. The maximum absolute atomic E-state index is 11.3. The number of esters is 1. The van der Waals surface area contributed by atoms with Gasteiger partial charge in [-0.3, -0.25) is 4.79 Å². The standard InChI is InChI=1S/C12H17NO3/c1-2-3-4-5-6-7-11(14)13-10-8-9-16-12(10)15/h10H,2-5,8-9H2,1H3,(H,13,14). The van der Waals surface area contributed by atoms with E-state index in [4.69, 9.17) is 4.74 Å². The maximum Gasteiger partial charge on any atom is 0.328 e. The number of ether oxygens (including phenoxy) is 1. The van der Waals surface area contributed by atoms with E-state index in [1.807, 2.05) is 0 Å². The quantitative estimate of drug-likeness (QED) is 0.439. The van der Waals surface area contributed by atoms with Gasteiger partial charge in [-0.15, -0.1) is 0 Å². The average molecular weight is 223 g/mol. The summed E-state index contributed by atoms with van der Waals surface area (Å²) in [4.78, 5) is 22.3. The lowest BCUT2D eigenvalue weighted by atomic mass is 10.2. The molecule has 1 rings (SSSR count). The minimum atomic E-state index is -0.502. The van der Waals surface area contributed by atoms with Gasteiger partial charge in [0.2, 0.25) is 0 Å². The van der Waals surface area contributed by atoms with E-state index >= 15 is 0 Å². The van der Waals surface area contributed by atoms with Gasteiger partial charge >= 0.3 is 5.97 Å². The summed E-state index contributed by atoms with van der Waals surface area (Å²) >= 11 is 0. The first-order valence-electron chi connectivity index (χ1n) is 5.70. The van der Waals surface area contributed by atoms with E-state index in [1.54, 1.807) is 0 Å². The second-order valence-electron chi connectivity index (χ2n) is 3.74. The highest BCUT2D eigenvalue weighted by atomic mass is 16.5. The third kappa shape index (κ3) is 4.35. The van der Waals surface area contributed by atoms with Crippen LogP contribution in [0.4, 0.5) is 0 Å². The molecule has 4 nitrogen and oxygen atoms in total. The largest absolute Gasteiger partial charge is 0.464 e. The molecule has 1 fully saturated rings. The summed E-state index contributed by atoms with van der Waals surface area (Å²) in [5, 5.41) is 2.53. The van der Waals surface area contributed by atoms with E-state index in [2.05, 4.69) is 24.1 Å². The monoisotopic (exact) mass is 223 g/mol. The molecule has 1 heterocycles. The first-order chi connectivity index (χ1) is 7.74. The summed E-state index contributed by atoms with van der Waals surface area (Å²) in [6, 6.07) is -0.502. The summed E-state index contributed by atoms with van der Waals surface area (Å²) in [5.41, 5.74) is 0. The zero-order valence-corrected chi connectivity index (χ0v) is 9.54. The zero-order valence-electron chi connectivity index (χ0n) is 9.54. The van der Waals surface area contributed by atoms with Crippen LogP contribution in [-0.4, -0.2) is 24.5 Å². The third-order valence-electron chi connectivity index (χ3n) is 2.35.